The molecule has 0 saturated carbocycles. The quantitative estimate of drug-likeness (QED) is 0.773. The molecular weight excluding hydrogens is 212 g/mol. The van der Waals surface area contributed by atoms with Gasteiger partial charge in [0.2, 0.25) is 0 Å². The van der Waals surface area contributed by atoms with E-state index in [0.29, 0.717) is 0 Å². The summed E-state index contributed by atoms with van der Waals surface area (Å²) in [4.78, 5) is 2.24. The van der Waals surface area contributed by atoms with Gasteiger partial charge in [-0.3, -0.25) is 0 Å². The van der Waals surface area contributed by atoms with Crippen molar-refractivity contribution in [1.82, 2.24) is 0 Å². The third kappa shape index (κ3) is 1.59. The molecule has 1 aromatic heterocycles. The van der Waals surface area contributed by atoms with Gasteiger partial charge in [-0.2, -0.15) is 0 Å². The fourth-order valence-electron chi connectivity index (χ4n) is 0.687. The number of aliphatic hydroxyl groups is 1. The number of rotatable bonds is 1. The predicted molar refractivity (Wildman–Crippen MR) is 47.4 cm³/mol. The summed E-state index contributed by atoms with van der Waals surface area (Å²) in [6.45, 7) is 3.80. The largest absolute Gasteiger partial charge is 0.388 e. The van der Waals surface area contributed by atoms with E-state index in [-0.39, 0.29) is 6.10 Å². The average Bonchev–Trinajstić information content (AvgIpc) is 2.13. The zero-order chi connectivity index (χ0) is 7.72. The second-order valence-electron chi connectivity index (χ2n) is 2.23. The zero-order valence-electron chi connectivity index (χ0n) is 5.89. The van der Waals surface area contributed by atoms with E-state index in [1.165, 1.54) is 4.88 Å². The fourth-order valence-corrected chi connectivity index (χ4v) is 2.19. The highest BCUT2D eigenvalue weighted by molar-refractivity contribution is 9.10. The number of hydrogen-bond acceptors (Lipinski definition) is 2. The van der Waals surface area contributed by atoms with Crippen molar-refractivity contribution in [3.05, 3.63) is 20.3 Å². The van der Waals surface area contributed by atoms with Gasteiger partial charge in [-0.05, 0) is 35.8 Å². The first-order valence-electron chi connectivity index (χ1n) is 3.05. The van der Waals surface area contributed by atoms with E-state index >= 15 is 0 Å². The molecule has 0 aromatic carbocycles. The average molecular weight is 221 g/mol. The Morgan fingerprint density at radius 3 is 2.50 bits per heavy atom. The van der Waals surface area contributed by atoms with Crippen molar-refractivity contribution in [3.8, 4) is 0 Å². The number of thiophene rings is 1. The Morgan fingerprint density at radius 2 is 2.30 bits per heavy atom. The summed E-state index contributed by atoms with van der Waals surface area (Å²) in [5, 5.41) is 9.15. The zero-order valence-corrected chi connectivity index (χ0v) is 8.29. The second-order valence-corrected chi connectivity index (χ2v) is 4.37. The third-order valence-electron chi connectivity index (χ3n) is 1.29. The monoisotopic (exact) mass is 220 g/mol. The van der Waals surface area contributed by atoms with Crippen molar-refractivity contribution < 1.29 is 5.11 Å². The van der Waals surface area contributed by atoms with Crippen LogP contribution in [-0.2, 0) is 0 Å². The van der Waals surface area contributed by atoms with Gasteiger partial charge in [-0.25, -0.2) is 0 Å². The van der Waals surface area contributed by atoms with E-state index in [1.807, 2.05) is 13.0 Å². The molecule has 1 rings (SSSR count). The molecule has 0 aliphatic carbocycles. The molecule has 3 heteroatoms. The van der Waals surface area contributed by atoms with Gasteiger partial charge in [0.25, 0.3) is 0 Å². The van der Waals surface area contributed by atoms with Gasteiger partial charge in [0.15, 0.2) is 0 Å². The van der Waals surface area contributed by atoms with E-state index in [4.69, 9.17) is 5.11 Å². The highest BCUT2D eigenvalue weighted by Gasteiger charge is 2.06. The standard InChI is InChI=1S/C7H9BrOS/c1-4(9)7-3-6(8)5(2)10-7/h3-4,9H,1-2H3. The highest BCUT2D eigenvalue weighted by Crippen LogP contribution is 2.29. The molecule has 1 N–H and O–H groups in total. The maximum atomic E-state index is 9.15. The Morgan fingerprint density at radius 1 is 1.70 bits per heavy atom. The molecule has 0 radical (unpaired) electrons. The van der Waals surface area contributed by atoms with Crippen molar-refractivity contribution in [2.24, 2.45) is 0 Å². The summed E-state index contributed by atoms with van der Waals surface area (Å²) in [6, 6.07) is 1.96. The molecule has 0 spiro atoms. The van der Waals surface area contributed by atoms with Crippen molar-refractivity contribution in [2.45, 2.75) is 20.0 Å². The Bertz CT molecular complexity index is 210. The van der Waals surface area contributed by atoms with Crippen LogP contribution in [0.1, 0.15) is 22.8 Å². The molecule has 10 heavy (non-hydrogen) atoms. The van der Waals surface area contributed by atoms with Crippen LogP contribution >= 0.6 is 27.3 Å². The van der Waals surface area contributed by atoms with Crippen LogP contribution in [0.25, 0.3) is 0 Å². The molecule has 1 aromatic rings. The first kappa shape index (κ1) is 8.24. The van der Waals surface area contributed by atoms with Crippen molar-refractivity contribution >= 4 is 27.3 Å². The van der Waals surface area contributed by atoms with Crippen LogP contribution < -0.4 is 0 Å². The molecule has 0 fully saturated rings. The van der Waals surface area contributed by atoms with Gasteiger partial charge < -0.3 is 5.11 Å². The molecule has 0 saturated heterocycles. The normalized spacial score (nSPS) is 13.6. The Hall–Kier alpha value is 0.140. The van der Waals surface area contributed by atoms with Crippen molar-refractivity contribution in [3.63, 3.8) is 0 Å². The molecular formula is C7H9BrOS. The van der Waals surface area contributed by atoms with Gasteiger partial charge in [0.05, 0.1) is 6.10 Å². The van der Waals surface area contributed by atoms with Gasteiger partial charge in [-0.15, -0.1) is 11.3 Å². The number of aryl methyl sites for hydroxylation is 1. The summed E-state index contributed by atoms with van der Waals surface area (Å²) in [7, 11) is 0. The van der Waals surface area contributed by atoms with Crippen LogP contribution in [0, 0.1) is 6.92 Å². The lowest BCUT2D eigenvalue weighted by atomic mass is 10.3. The van der Waals surface area contributed by atoms with E-state index in [0.717, 1.165) is 9.35 Å². The first-order valence-corrected chi connectivity index (χ1v) is 4.66. The third-order valence-corrected chi connectivity index (χ3v) is 3.59. The molecule has 0 aliphatic heterocycles. The summed E-state index contributed by atoms with van der Waals surface area (Å²) >= 11 is 5.01. The second kappa shape index (κ2) is 3.03. The lowest BCUT2D eigenvalue weighted by Crippen LogP contribution is -1.83. The maximum absolute atomic E-state index is 9.15. The SMILES string of the molecule is Cc1sc(C(C)O)cc1Br. The van der Waals surface area contributed by atoms with Crippen LogP contribution in [0.4, 0.5) is 0 Å². The van der Waals surface area contributed by atoms with E-state index in [9.17, 15) is 0 Å². The Kier molecular flexibility index (Phi) is 2.50. The van der Waals surface area contributed by atoms with Gasteiger partial charge >= 0.3 is 0 Å². The van der Waals surface area contributed by atoms with Crippen LogP contribution in [0.3, 0.4) is 0 Å². The van der Waals surface area contributed by atoms with Crippen LogP contribution in [0.5, 0.6) is 0 Å². The van der Waals surface area contributed by atoms with Gasteiger partial charge in [0, 0.05) is 14.2 Å². The lowest BCUT2D eigenvalue weighted by molar-refractivity contribution is 0.203. The molecule has 0 amide bonds. The molecule has 1 nitrogen and oxygen atoms in total. The number of halogens is 1. The van der Waals surface area contributed by atoms with Gasteiger partial charge in [0.1, 0.15) is 0 Å². The molecule has 1 heterocycles. The maximum Gasteiger partial charge on any atom is 0.0854 e. The Balaban J connectivity index is 2.98. The van der Waals surface area contributed by atoms with E-state index < -0.39 is 0 Å². The first-order chi connectivity index (χ1) is 4.61. The molecule has 1 atom stereocenters. The Labute approximate surface area is 72.8 Å². The summed E-state index contributed by atoms with van der Waals surface area (Å²) in [5.74, 6) is 0. The minimum atomic E-state index is -0.338. The van der Waals surface area contributed by atoms with Crippen LogP contribution in [0.2, 0.25) is 0 Å². The summed E-state index contributed by atoms with van der Waals surface area (Å²) in [5.41, 5.74) is 0. The predicted octanol–water partition coefficient (Wildman–Crippen LogP) is 2.87. The summed E-state index contributed by atoms with van der Waals surface area (Å²) < 4.78 is 1.09. The highest BCUT2D eigenvalue weighted by atomic mass is 79.9. The molecule has 0 bridgehead atoms. The minimum Gasteiger partial charge on any atom is -0.388 e. The van der Waals surface area contributed by atoms with Gasteiger partial charge in [-0.1, -0.05) is 0 Å². The smallest absolute Gasteiger partial charge is 0.0854 e. The van der Waals surface area contributed by atoms with E-state index in [2.05, 4.69) is 15.9 Å². The fraction of sp³-hybridized carbons (Fsp3) is 0.429. The van der Waals surface area contributed by atoms with Crippen molar-refractivity contribution in [1.29, 1.82) is 0 Å². The topological polar surface area (TPSA) is 20.2 Å². The van der Waals surface area contributed by atoms with Crippen LogP contribution in [0.15, 0.2) is 10.5 Å². The van der Waals surface area contributed by atoms with E-state index in [1.54, 1.807) is 18.3 Å². The minimum absolute atomic E-state index is 0.338. The van der Waals surface area contributed by atoms with Crippen molar-refractivity contribution in [2.75, 3.05) is 0 Å². The molecule has 56 valence electrons. The lowest BCUT2D eigenvalue weighted by Gasteiger charge is -1.95. The molecule has 1 unspecified atom stereocenters. The number of hydrogen-bond donors (Lipinski definition) is 1. The van der Waals surface area contributed by atoms with Crippen LogP contribution in [-0.4, -0.2) is 5.11 Å². The molecule has 0 aliphatic rings. The number of aliphatic hydroxyl groups excluding tert-OH is 1. The summed E-state index contributed by atoms with van der Waals surface area (Å²) in [6.07, 6.45) is -0.338.